The molecule has 3 unspecified atom stereocenters. The summed E-state index contributed by atoms with van der Waals surface area (Å²) in [5.74, 6) is -0.599. The van der Waals surface area contributed by atoms with E-state index in [1.807, 2.05) is 33.3 Å². The lowest BCUT2D eigenvalue weighted by Crippen LogP contribution is -2.47. The Kier molecular flexibility index (Phi) is 52.6. The Bertz CT molecular complexity index is 1670. The predicted molar refractivity (Wildman–Crippen MR) is 325 cm³/mol. The fourth-order valence-corrected chi connectivity index (χ4v) is 8.92. The number of carbonyl (C=O) groups excluding carboxylic acids is 2. The minimum absolute atomic E-state index is 0.0363. The summed E-state index contributed by atoms with van der Waals surface area (Å²) < 4.78 is 30.3. The average Bonchev–Trinajstić information content (AvgIpc) is 3.38. The van der Waals surface area contributed by atoms with Crippen LogP contribution in [0.1, 0.15) is 245 Å². The van der Waals surface area contributed by atoms with E-state index in [0.29, 0.717) is 23.9 Å². The third-order valence-electron chi connectivity index (χ3n) is 12.9. The van der Waals surface area contributed by atoms with Gasteiger partial charge in [-0.25, -0.2) is 0 Å². The molecule has 1 amide bonds. The molecular formula is C66H115N2O7P. The Morgan fingerprint density at radius 1 is 0.474 bits per heavy atom. The van der Waals surface area contributed by atoms with Crippen LogP contribution in [0.3, 0.4) is 0 Å². The average molecular weight is 1080 g/mol. The molecule has 0 aromatic carbocycles. The molecule has 0 radical (unpaired) electrons. The molecule has 10 heteroatoms. The molecule has 0 heterocycles. The van der Waals surface area contributed by atoms with Crippen LogP contribution in [0, 0.1) is 0 Å². The first-order valence-corrected chi connectivity index (χ1v) is 32.2. The molecule has 1 N–H and O–H groups in total. The van der Waals surface area contributed by atoms with Gasteiger partial charge in [-0.05, 0) is 115 Å². The number of nitrogens with zero attached hydrogens (tertiary/aromatic N) is 1. The van der Waals surface area contributed by atoms with Gasteiger partial charge in [0.05, 0.1) is 33.8 Å². The molecule has 0 aliphatic heterocycles. The number of carbonyl (C=O) groups is 2. The number of ether oxygens (including phenoxy) is 1. The van der Waals surface area contributed by atoms with Crippen molar-refractivity contribution >= 4 is 19.7 Å². The van der Waals surface area contributed by atoms with Crippen molar-refractivity contribution in [3.8, 4) is 0 Å². The maximum absolute atomic E-state index is 13.5. The van der Waals surface area contributed by atoms with Gasteiger partial charge in [-0.15, -0.1) is 0 Å². The summed E-state index contributed by atoms with van der Waals surface area (Å²) in [4.78, 5) is 40.0. The van der Waals surface area contributed by atoms with E-state index in [0.717, 1.165) is 122 Å². The fourth-order valence-electron chi connectivity index (χ4n) is 8.20. The van der Waals surface area contributed by atoms with Crippen LogP contribution in [0.25, 0.3) is 0 Å². The molecule has 9 nitrogen and oxygen atoms in total. The number of amides is 1. The lowest BCUT2D eigenvalue weighted by Gasteiger charge is -2.30. The Morgan fingerprint density at radius 3 is 1.30 bits per heavy atom. The van der Waals surface area contributed by atoms with E-state index in [1.54, 1.807) is 0 Å². The third-order valence-corrected chi connectivity index (χ3v) is 13.9. The molecule has 0 saturated heterocycles. The van der Waals surface area contributed by atoms with Gasteiger partial charge >= 0.3 is 5.97 Å². The van der Waals surface area contributed by atoms with Crippen molar-refractivity contribution < 1.29 is 37.3 Å². The normalized spacial score (nSPS) is 14.5. The van der Waals surface area contributed by atoms with Crippen LogP contribution in [0.5, 0.6) is 0 Å². The van der Waals surface area contributed by atoms with Crippen LogP contribution >= 0.6 is 7.82 Å². The van der Waals surface area contributed by atoms with Gasteiger partial charge in [-0.3, -0.25) is 14.2 Å². The zero-order chi connectivity index (χ0) is 55.7. The highest BCUT2D eigenvalue weighted by Gasteiger charge is 2.27. The number of hydrogen-bond donors (Lipinski definition) is 1. The van der Waals surface area contributed by atoms with Gasteiger partial charge in [0, 0.05) is 12.8 Å². The summed E-state index contributed by atoms with van der Waals surface area (Å²) in [5, 5.41) is 3.01. The summed E-state index contributed by atoms with van der Waals surface area (Å²) >= 11 is 0. The van der Waals surface area contributed by atoms with Crippen LogP contribution in [0.2, 0.25) is 0 Å². The maximum Gasteiger partial charge on any atom is 0.306 e. The highest BCUT2D eigenvalue weighted by molar-refractivity contribution is 7.45. The molecule has 76 heavy (non-hydrogen) atoms. The first-order chi connectivity index (χ1) is 36.9. The Morgan fingerprint density at radius 2 is 0.842 bits per heavy atom. The van der Waals surface area contributed by atoms with Crippen molar-refractivity contribution in [1.29, 1.82) is 0 Å². The SMILES string of the molecule is CC/C=C\C/C=C\C/C=C\C/C=C\C/C=C\CCCCCC(=O)OC(/C=C/CCCCCCCCCCCC)C(COP(=O)([O-])OCC[N+](C)(C)C)NC(=O)CCCCCCCC/C=C\C/C=C\C/C=C\CCCCC. The molecular weight excluding hydrogens is 964 g/mol. The molecule has 0 aliphatic rings. The molecule has 0 aromatic heterocycles. The Labute approximate surface area is 468 Å². The highest BCUT2D eigenvalue weighted by atomic mass is 31.2. The number of nitrogens with one attached hydrogen (secondary N) is 1. The van der Waals surface area contributed by atoms with E-state index in [9.17, 15) is 19.0 Å². The number of esters is 1. The number of likely N-dealkylation sites (N-methyl/N-ethyl adjacent to an activating group) is 1. The van der Waals surface area contributed by atoms with Gasteiger partial charge in [0.2, 0.25) is 5.91 Å². The zero-order valence-electron chi connectivity index (χ0n) is 49.7. The molecule has 0 saturated carbocycles. The molecule has 0 spiro atoms. The van der Waals surface area contributed by atoms with E-state index in [1.165, 1.54) is 77.0 Å². The van der Waals surface area contributed by atoms with Crippen molar-refractivity contribution in [3.05, 3.63) is 109 Å². The summed E-state index contributed by atoms with van der Waals surface area (Å²) in [5.41, 5.74) is 0. The van der Waals surface area contributed by atoms with Gasteiger partial charge in [-0.1, -0.05) is 227 Å². The predicted octanol–water partition coefficient (Wildman–Crippen LogP) is 18.3. The van der Waals surface area contributed by atoms with Crippen molar-refractivity contribution in [3.63, 3.8) is 0 Å². The lowest BCUT2D eigenvalue weighted by atomic mass is 10.0. The largest absolute Gasteiger partial charge is 0.756 e. The van der Waals surface area contributed by atoms with Crippen LogP contribution in [0.4, 0.5) is 0 Å². The number of unbranched alkanes of at least 4 members (excludes halogenated alkanes) is 22. The number of allylic oxidation sites excluding steroid dienone is 17. The van der Waals surface area contributed by atoms with E-state index in [4.69, 9.17) is 13.8 Å². The second-order valence-corrected chi connectivity index (χ2v) is 22.9. The maximum atomic E-state index is 13.5. The van der Waals surface area contributed by atoms with E-state index < -0.39 is 26.6 Å². The van der Waals surface area contributed by atoms with Crippen LogP contribution in [-0.2, 0) is 27.9 Å². The molecule has 0 bridgehead atoms. The fraction of sp³-hybridized carbons (Fsp3) is 0.697. The van der Waals surface area contributed by atoms with Gasteiger partial charge in [0.25, 0.3) is 7.82 Å². The zero-order valence-corrected chi connectivity index (χ0v) is 50.6. The van der Waals surface area contributed by atoms with Crippen LogP contribution in [0.15, 0.2) is 109 Å². The van der Waals surface area contributed by atoms with Crippen LogP contribution in [-0.4, -0.2) is 69.4 Å². The van der Waals surface area contributed by atoms with Crippen LogP contribution < -0.4 is 10.2 Å². The standard InChI is InChI=1S/C66H115N2O7P/c1-7-10-13-16-19-22-25-28-30-32-34-36-38-40-43-46-49-52-55-58-65(69)67-63(62-74-76(71,72)73-61-60-68(4,5)6)64(57-54-51-48-45-42-27-24-21-18-15-12-9-3)75-66(70)59-56-53-50-47-44-41-39-37-35-33-31-29-26-23-20-17-14-11-8-2/h11,14,19-20,22-23,28-31,34-37,41,44,54,57,63-64H,7-10,12-13,15-18,21,24-27,32-33,38-40,42-43,45-53,55-56,58-62H2,1-6H3,(H-,67,69,71,72)/b14-11-,22-19-,23-20-,30-28-,31-29-,36-34-,37-35-,44-41-,57-54+. The minimum Gasteiger partial charge on any atom is -0.756 e. The van der Waals surface area contributed by atoms with Gasteiger partial charge in [-0.2, -0.15) is 0 Å². The third kappa shape index (κ3) is 55.4. The molecule has 0 aliphatic carbocycles. The van der Waals surface area contributed by atoms with E-state index >= 15 is 0 Å². The first kappa shape index (κ1) is 72.7. The first-order valence-electron chi connectivity index (χ1n) is 30.7. The Hall–Kier alpha value is -3.33. The Balaban J connectivity index is 5.37. The summed E-state index contributed by atoms with van der Waals surface area (Å²) in [6, 6.07) is -0.916. The lowest BCUT2D eigenvalue weighted by molar-refractivity contribution is -0.870. The smallest absolute Gasteiger partial charge is 0.306 e. The van der Waals surface area contributed by atoms with Gasteiger partial charge < -0.3 is 28.5 Å². The van der Waals surface area contributed by atoms with Gasteiger partial charge in [0.15, 0.2) is 0 Å². The van der Waals surface area contributed by atoms with Crippen molar-refractivity contribution in [2.45, 2.75) is 258 Å². The number of phosphoric ester groups is 1. The summed E-state index contributed by atoms with van der Waals surface area (Å²) in [6.07, 6.45) is 74.8. The van der Waals surface area contributed by atoms with Crippen molar-refractivity contribution in [2.24, 2.45) is 0 Å². The molecule has 0 aromatic rings. The van der Waals surface area contributed by atoms with Crippen molar-refractivity contribution in [2.75, 3.05) is 40.9 Å². The summed E-state index contributed by atoms with van der Waals surface area (Å²) in [6.45, 7) is 6.65. The number of hydrogen-bond acceptors (Lipinski definition) is 7. The monoisotopic (exact) mass is 1080 g/mol. The second kappa shape index (κ2) is 55.0. The van der Waals surface area contributed by atoms with E-state index in [-0.39, 0.29) is 31.3 Å². The number of quaternary nitrogens is 1. The topological polar surface area (TPSA) is 114 Å². The summed E-state index contributed by atoms with van der Waals surface area (Å²) in [7, 11) is 1.14. The molecule has 0 fully saturated rings. The van der Waals surface area contributed by atoms with E-state index in [2.05, 4.69) is 123 Å². The highest BCUT2D eigenvalue weighted by Crippen LogP contribution is 2.38. The molecule has 436 valence electrons. The molecule has 0 rings (SSSR count). The van der Waals surface area contributed by atoms with Gasteiger partial charge in [0.1, 0.15) is 19.3 Å². The van der Waals surface area contributed by atoms with Crippen molar-refractivity contribution in [1.82, 2.24) is 5.32 Å². The second-order valence-electron chi connectivity index (χ2n) is 21.5. The number of rotatable bonds is 54. The number of phosphoric acid groups is 1. The minimum atomic E-state index is -4.72. The quantitative estimate of drug-likeness (QED) is 0.0212. The molecule has 3 atom stereocenters.